The predicted octanol–water partition coefficient (Wildman–Crippen LogP) is 4.99. The van der Waals surface area contributed by atoms with Gasteiger partial charge in [-0.15, -0.1) is 0 Å². The molecule has 1 fully saturated rings. The van der Waals surface area contributed by atoms with Crippen LogP contribution in [0.2, 0.25) is 0 Å². The number of amides is 1. The fourth-order valence-electron chi connectivity index (χ4n) is 5.53. The first-order valence-corrected chi connectivity index (χ1v) is 12.0. The quantitative estimate of drug-likeness (QED) is 0.502. The largest absolute Gasteiger partial charge is 0.497 e. The molecule has 0 aliphatic carbocycles. The van der Waals surface area contributed by atoms with E-state index in [4.69, 9.17) is 9.47 Å². The summed E-state index contributed by atoms with van der Waals surface area (Å²) in [5.74, 6) is 1.85. The molecule has 1 saturated heterocycles. The molecule has 0 aromatic heterocycles. The summed E-state index contributed by atoms with van der Waals surface area (Å²) in [5, 5.41) is 0. The van der Waals surface area contributed by atoms with Crippen LogP contribution in [-0.2, 0) is 24.3 Å². The summed E-state index contributed by atoms with van der Waals surface area (Å²) in [7, 11) is 3.38. The minimum absolute atomic E-state index is 0.0589. The molecule has 1 amide bonds. The van der Waals surface area contributed by atoms with Gasteiger partial charge in [0.2, 0.25) is 5.91 Å². The van der Waals surface area contributed by atoms with Crippen molar-refractivity contribution in [2.45, 2.75) is 44.4 Å². The maximum absolute atomic E-state index is 13.9. The number of ether oxygens (including phenoxy) is 2. The number of carbonyl (C=O) groups is 1. The van der Waals surface area contributed by atoms with E-state index in [2.05, 4.69) is 64.4 Å². The Bertz CT molecular complexity index is 1070. The van der Waals surface area contributed by atoms with E-state index in [-0.39, 0.29) is 18.0 Å². The van der Waals surface area contributed by atoms with Gasteiger partial charge < -0.3 is 14.4 Å². The first kappa shape index (κ1) is 22.5. The molecule has 0 N–H and O–H groups in total. The molecule has 34 heavy (non-hydrogen) atoms. The third-order valence-electron chi connectivity index (χ3n) is 7.17. The molecule has 5 heteroatoms. The number of nitrogens with zero attached hydrogens (tertiary/aromatic N) is 2. The molecule has 2 aliphatic heterocycles. The highest BCUT2D eigenvalue weighted by atomic mass is 16.5. The van der Waals surface area contributed by atoms with Crippen molar-refractivity contribution >= 4 is 5.91 Å². The van der Waals surface area contributed by atoms with E-state index in [1.807, 2.05) is 18.2 Å². The summed E-state index contributed by atoms with van der Waals surface area (Å²) in [6.07, 6.45) is 2.57. The average molecular weight is 457 g/mol. The molecule has 3 aromatic rings. The van der Waals surface area contributed by atoms with Crippen LogP contribution in [0.15, 0.2) is 72.8 Å². The number of methoxy groups -OCH3 is 2. The van der Waals surface area contributed by atoms with Crippen molar-refractivity contribution in [1.82, 2.24) is 9.80 Å². The number of hydrogen-bond donors (Lipinski definition) is 0. The molecule has 0 saturated carbocycles. The van der Waals surface area contributed by atoms with E-state index in [0.717, 1.165) is 56.0 Å². The highest BCUT2D eigenvalue weighted by molar-refractivity contribution is 5.84. The third-order valence-corrected chi connectivity index (χ3v) is 7.17. The minimum atomic E-state index is -0.137. The van der Waals surface area contributed by atoms with Crippen LogP contribution in [0.1, 0.15) is 41.1 Å². The lowest BCUT2D eigenvalue weighted by Crippen LogP contribution is -2.54. The molecule has 0 radical (unpaired) electrons. The molecule has 176 valence electrons. The topological polar surface area (TPSA) is 42.0 Å². The second-order valence-electron chi connectivity index (χ2n) is 9.17. The van der Waals surface area contributed by atoms with Crippen molar-refractivity contribution in [2.24, 2.45) is 0 Å². The van der Waals surface area contributed by atoms with Gasteiger partial charge in [0.1, 0.15) is 11.5 Å². The van der Waals surface area contributed by atoms with Crippen LogP contribution in [0.5, 0.6) is 11.5 Å². The lowest BCUT2D eigenvalue weighted by atomic mass is 9.84. The molecule has 5 rings (SSSR count). The minimum Gasteiger partial charge on any atom is -0.497 e. The zero-order valence-corrected chi connectivity index (χ0v) is 19.9. The van der Waals surface area contributed by atoms with Crippen molar-refractivity contribution < 1.29 is 14.3 Å². The zero-order chi connectivity index (χ0) is 23.5. The number of rotatable bonds is 7. The monoisotopic (exact) mass is 456 g/mol. The van der Waals surface area contributed by atoms with Crippen molar-refractivity contribution in [3.63, 3.8) is 0 Å². The van der Waals surface area contributed by atoms with Crippen molar-refractivity contribution in [1.29, 1.82) is 0 Å². The van der Waals surface area contributed by atoms with Gasteiger partial charge in [-0.1, -0.05) is 60.7 Å². The maximum Gasteiger partial charge on any atom is 0.240 e. The van der Waals surface area contributed by atoms with Crippen molar-refractivity contribution in [2.75, 3.05) is 20.8 Å². The van der Waals surface area contributed by atoms with Gasteiger partial charge in [0.05, 0.1) is 26.3 Å². The molecule has 2 heterocycles. The molecule has 5 nitrogen and oxygen atoms in total. The Morgan fingerprint density at radius 1 is 0.882 bits per heavy atom. The van der Waals surface area contributed by atoms with Gasteiger partial charge in [-0.2, -0.15) is 0 Å². The van der Waals surface area contributed by atoms with Crippen LogP contribution < -0.4 is 9.47 Å². The molecule has 3 aromatic carbocycles. The maximum atomic E-state index is 13.9. The lowest BCUT2D eigenvalue weighted by Gasteiger charge is -2.46. The number of fused-ring (bicyclic) bond motifs is 3. The van der Waals surface area contributed by atoms with Crippen molar-refractivity contribution in [3.05, 3.63) is 95.1 Å². The predicted molar refractivity (Wildman–Crippen MR) is 133 cm³/mol. The second kappa shape index (κ2) is 9.90. The second-order valence-corrected chi connectivity index (χ2v) is 9.17. The van der Waals surface area contributed by atoms with Crippen LogP contribution >= 0.6 is 0 Å². The van der Waals surface area contributed by atoms with Crippen LogP contribution in [-0.4, -0.2) is 42.5 Å². The van der Waals surface area contributed by atoms with E-state index in [1.54, 1.807) is 14.2 Å². The normalized spacial score (nSPS) is 19.5. The summed E-state index contributed by atoms with van der Waals surface area (Å²) < 4.78 is 11.2. The van der Waals surface area contributed by atoms with Crippen molar-refractivity contribution in [3.8, 4) is 11.5 Å². The zero-order valence-electron chi connectivity index (χ0n) is 19.9. The first-order chi connectivity index (χ1) is 16.7. The molecule has 2 atom stereocenters. The molecule has 0 spiro atoms. The molecule has 0 unspecified atom stereocenters. The summed E-state index contributed by atoms with van der Waals surface area (Å²) in [6.45, 7) is 2.23. The SMILES string of the molecule is COc1cc2c(c(OC)c1)[C@H]1CC[C@H](N(Cc3ccccc3)Cc3ccccc3)C(=O)N1CC2. The fourth-order valence-corrected chi connectivity index (χ4v) is 5.53. The standard InChI is InChI=1S/C29H32N2O3/c1-33-24-17-23-15-16-31-25(28(23)27(18-24)34-2)13-14-26(29(31)32)30(19-21-9-5-3-6-10-21)20-22-11-7-4-8-12-22/h3-12,17-18,25-26H,13-16,19-20H2,1-2H3/t25-,26+/m1/s1. The Morgan fingerprint density at radius 2 is 1.53 bits per heavy atom. The van der Waals surface area contributed by atoms with Crippen LogP contribution in [0.25, 0.3) is 0 Å². The van der Waals surface area contributed by atoms with Gasteiger partial charge in [0, 0.05) is 31.3 Å². The Balaban J connectivity index is 1.43. The average Bonchev–Trinajstić information content (AvgIpc) is 2.89. The van der Waals surface area contributed by atoms with Crippen LogP contribution in [0.3, 0.4) is 0 Å². The molecular weight excluding hydrogens is 424 g/mol. The van der Waals surface area contributed by atoms with Gasteiger partial charge in [0.15, 0.2) is 0 Å². The Morgan fingerprint density at radius 3 is 2.12 bits per heavy atom. The highest BCUT2D eigenvalue weighted by Crippen LogP contribution is 2.44. The van der Waals surface area contributed by atoms with E-state index in [9.17, 15) is 4.79 Å². The number of piperidine rings is 1. The highest BCUT2D eigenvalue weighted by Gasteiger charge is 2.42. The van der Waals surface area contributed by atoms with Crippen LogP contribution in [0, 0.1) is 0 Å². The summed E-state index contributed by atoms with van der Waals surface area (Å²) >= 11 is 0. The Labute approximate surface area is 201 Å². The van der Waals surface area contributed by atoms with E-state index in [1.165, 1.54) is 16.7 Å². The Hall–Kier alpha value is -3.31. The van der Waals surface area contributed by atoms with Gasteiger partial charge >= 0.3 is 0 Å². The lowest BCUT2D eigenvalue weighted by molar-refractivity contribution is -0.145. The number of benzene rings is 3. The van der Waals surface area contributed by atoms with Gasteiger partial charge in [-0.25, -0.2) is 0 Å². The molecular formula is C29H32N2O3. The van der Waals surface area contributed by atoms with E-state index < -0.39 is 0 Å². The van der Waals surface area contributed by atoms with Gasteiger partial charge in [-0.3, -0.25) is 9.69 Å². The molecule has 2 aliphatic rings. The van der Waals surface area contributed by atoms with Gasteiger partial charge in [-0.05, 0) is 42.0 Å². The smallest absolute Gasteiger partial charge is 0.240 e. The Kier molecular flexibility index (Phi) is 6.54. The van der Waals surface area contributed by atoms with Gasteiger partial charge in [0.25, 0.3) is 0 Å². The summed E-state index contributed by atoms with van der Waals surface area (Å²) in [6, 6.07) is 24.9. The number of carbonyl (C=O) groups excluding carboxylic acids is 1. The van der Waals surface area contributed by atoms with E-state index in [0.29, 0.717) is 0 Å². The summed E-state index contributed by atoms with van der Waals surface area (Å²) in [4.78, 5) is 18.4. The fraction of sp³-hybridized carbons (Fsp3) is 0.345. The molecule has 0 bridgehead atoms. The van der Waals surface area contributed by atoms with E-state index >= 15 is 0 Å². The summed E-state index contributed by atoms with van der Waals surface area (Å²) in [5.41, 5.74) is 4.84. The third kappa shape index (κ3) is 4.40. The van der Waals surface area contributed by atoms with Crippen LogP contribution in [0.4, 0.5) is 0 Å². The first-order valence-electron chi connectivity index (χ1n) is 12.0. The number of hydrogen-bond acceptors (Lipinski definition) is 4.